The maximum Gasteiger partial charge on any atom is 0.0204 e. The molecule has 0 saturated carbocycles. The number of thioether (sulfide) groups is 1. The summed E-state index contributed by atoms with van der Waals surface area (Å²) in [5.74, 6) is 3.78. The highest BCUT2D eigenvalue weighted by Crippen LogP contribution is 2.24. The van der Waals surface area contributed by atoms with E-state index in [2.05, 4.69) is 29.0 Å². The Balaban J connectivity index is 1.69. The van der Waals surface area contributed by atoms with Crippen molar-refractivity contribution >= 4 is 11.8 Å². The first-order valence-corrected chi connectivity index (χ1v) is 7.01. The van der Waals surface area contributed by atoms with Crippen molar-refractivity contribution in [1.82, 2.24) is 10.2 Å². The van der Waals surface area contributed by atoms with Gasteiger partial charge in [0.05, 0.1) is 0 Å². The van der Waals surface area contributed by atoms with Gasteiger partial charge in [0.15, 0.2) is 0 Å². The number of hydrogen-bond acceptors (Lipinski definition) is 3. The summed E-state index contributed by atoms with van der Waals surface area (Å²) in [7, 11) is 2.09. The molecule has 0 aromatic heterocycles. The van der Waals surface area contributed by atoms with E-state index in [1.807, 2.05) is 0 Å². The topological polar surface area (TPSA) is 15.3 Å². The van der Waals surface area contributed by atoms with Crippen LogP contribution in [0.2, 0.25) is 0 Å². The molecule has 0 bridgehead atoms. The Morgan fingerprint density at radius 3 is 3.00 bits per heavy atom. The molecule has 1 N–H and O–H groups in total. The summed E-state index contributed by atoms with van der Waals surface area (Å²) < 4.78 is 0. The van der Waals surface area contributed by atoms with Crippen molar-refractivity contribution in [2.75, 3.05) is 38.2 Å². The van der Waals surface area contributed by atoms with Crippen molar-refractivity contribution in [3.63, 3.8) is 0 Å². The fourth-order valence-corrected chi connectivity index (χ4v) is 3.69. The van der Waals surface area contributed by atoms with Crippen LogP contribution >= 0.6 is 11.8 Å². The molecule has 14 heavy (non-hydrogen) atoms. The van der Waals surface area contributed by atoms with Crippen LogP contribution in [0.5, 0.6) is 0 Å². The van der Waals surface area contributed by atoms with Gasteiger partial charge in [-0.05, 0) is 50.3 Å². The number of likely N-dealkylation sites (tertiary alicyclic amines) is 1. The lowest BCUT2D eigenvalue weighted by molar-refractivity contribution is 0.274. The zero-order valence-corrected chi connectivity index (χ0v) is 9.98. The van der Waals surface area contributed by atoms with Gasteiger partial charge in [-0.3, -0.25) is 0 Å². The maximum absolute atomic E-state index is 3.38. The SMILES string of the molecule is CNC1CCN(CC2CCCSC2)C1. The normalized spacial score (nSPS) is 34.9. The van der Waals surface area contributed by atoms with Crippen LogP contribution in [0.1, 0.15) is 19.3 Å². The first-order valence-electron chi connectivity index (χ1n) is 5.86. The standard InChI is InChI=1S/C11H22N2S/c1-12-11-4-5-13(8-11)7-10-3-2-6-14-9-10/h10-12H,2-9H2,1H3. The average Bonchev–Trinajstić information content (AvgIpc) is 2.67. The first kappa shape index (κ1) is 10.8. The Morgan fingerprint density at radius 2 is 2.36 bits per heavy atom. The second-order valence-corrected chi connectivity index (χ2v) is 5.77. The molecule has 2 heterocycles. The molecule has 0 spiro atoms. The first-order chi connectivity index (χ1) is 6.88. The molecule has 0 radical (unpaired) electrons. The van der Waals surface area contributed by atoms with Crippen LogP contribution in [-0.4, -0.2) is 49.1 Å². The van der Waals surface area contributed by atoms with Crippen LogP contribution < -0.4 is 5.32 Å². The van der Waals surface area contributed by atoms with Gasteiger partial charge in [0.25, 0.3) is 0 Å². The Hall–Kier alpha value is 0.270. The molecule has 2 atom stereocenters. The summed E-state index contributed by atoms with van der Waals surface area (Å²) in [5, 5.41) is 3.38. The van der Waals surface area contributed by atoms with E-state index >= 15 is 0 Å². The van der Waals surface area contributed by atoms with Crippen molar-refractivity contribution in [2.24, 2.45) is 5.92 Å². The quantitative estimate of drug-likeness (QED) is 0.765. The highest BCUT2D eigenvalue weighted by atomic mass is 32.2. The predicted octanol–water partition coefficient (Wildman–Crippen LogP) is 1.42. The number of nitrogens with zero attached hydrogens (tertiary/aromatic N) is 1. The summed E-state index contributed by atoms with van der Waals surface area (Å²) in [5.41, 5.74) is 0. The van der Waals surface area contributed by atoms with Gasteiger partial charge in [0.2, 0.25) is 0 Å². The van der Waals surface area contributed by atoms with Gasteiger partial charge < -0.3 is 10.2 Å². The molecule has 3 heteroatoms. The minimum absolute atomic E-state index is 0.756. The molecule has 2 aliphatic rings. The van der Waals surface area contributed by atoms with Gasteiger partial charge in [0.1, 0.15) is 0 Å². The highest BCUT2D eigenvalue weighted by molar-refractivity contribution is 7.99. The minimum Gasteiger partial charge on any atom is -0.316 e. The molecule has 2 fully saturated rings. The lowest BCUT2D eigenvalue weighted by Crippen LogP contribution is -2.33. The molecule has 0 aromatic rings. The number of likely N-dealkylation sites (N-methyl/N-ethyl adjacent to an activating group) is 1. The van der Waals surface area contributed by atoms with Crippen LogP contribution in [0, 0.1) is 5.92 Å². The third-order valence-corrected chi connectivity index (χ3v) is 4.74. The Kier molecular flexibility index (Phi) is 4.14. The molecular weight excluding hydrogens is 192 g/mol. The van der Waals surface area contributed by atoms with Gasteiger partial charge in [-0.1, -0.05) is 0 Å². The van der Waals surface area contributed by atoms with Gasteiger partial charge in [-0.2, -0.15) is 11.8 Å². The second-order valence-electron chi connectivity index (χ2n) is 4.62. The summed E-state index contributed by atoms with van der Waals surface area (Å²) in [4.78, 5) is 2.65. The van der Waals surface area contributed by atoms with Crippen LogP contribution in [0.3, 0.4) is 0 Å². The van der Waals surface area contributed by atoms with E-state index in [9.17, 15) is 0 Å². The van der Waals surface area contributed by atoms with E-state index in [1.165, 1.54) is 50.4 Å². The molecule has 2 unspecified atom stereocenters. The van der Waals surface area contributed by atoms with Gasteiger partial charge >= 0.3 is 0 Å². The van der Waals surface area contributed by atoms with Crippen molar-refractivity contribution < 1.29 is 0 Å². The van der Waals surface area contributed by atoms with E-state index in [0.717, 1.165) is 12.0 Å². The molecule has 0 aromatic carbocycles. The predicted molar refractivity (Wildman–Crippen MR) is 64.0 cm³/mol. The minimum atomic E-state index is 0.756. The van der Waals surface area contributed by atoms with Crippen molar-refractivity contribution in [3.05, 3.63) is 0 Å². The number of hydrogen-bond donors (Lipinski definition) is 1. The fourth-order valence-electron chi connectivity index (χ4n) is 2.55. The zero-order valence-electron chi connectivity index (χ0n) is 9.17. The summed E-state index contributed by atoms with van der Waals surface area (Å²) in [6.45, 7) is 3.94. The van der Waals surface area contributed by atoms with E-state index < -0.39 is 0 Å². The van der Waals surface area contributed by atoms with Gasteiger partial charge in [-0.15, -0.1) is 0 Å². The Morgan fingerprint density at radius 1 is 1.43 bits per heavy atom. The molecule has 2 rings (SSSR count). The van der Waals surface area contributed by atoms with Crippen molar-refractivity contribution in [2.45, 2.75) is 25.3 Å². The molecule has 0 amide bonds. The zero-order chi connectivity index (χ0) is 9.80. The fraction of sp³-hybridized carbons (Fsp3) is 1.00. The summed E-state index contributed by atoms with van der Waals surface area (Å²) in [6.07, 6.45) is 4.25. The van der Waals surface area contributed by atoms with Crippen LogP contribution in [0.25, 0.3) is 0 Å². The number of nitrogens with one attached hydrogen (secondary N) is 1. The second kappa shape index (κ2) is 5.38. The lowest BCUT2D eigenvalue weighted by atomic mass is 10.1. The Bertz CT molecular complexity index is 169. The summed E-state index contributed by atoms with van der Waals surface area (Å²) in [6, 6.07) is 0.756. The Labute approximate surface area is 91.8 Å². The van der Waals surface area contributed by atoms with E-state index in [-0.39, 0.29) is 0 Å². The van der Waals surface area contributed by atoms with Gasteiger partial charge in [-0.25, -0.2) is 0 Å². The maximum atomic E-state index is 3.38. The van der Waals surface area contributed by atoms with E-state index in [0.29, 0.717) is 0 Å². The molecular formula is C11H22N2S. The third kappa shape index (κ3) is 2.88. The van der Waals surface area contributed by atoms with E-state index in [1.54, 1.807) is 0 Å². The molecule has 2 aliphatic heterocycles. The van der Waals surface area contributed by atoms with Gasteiger partial charge in [0, 0.05) is 19.1 Å². The summed E-state index contributed by atoms with van der Waals surface area (Å²) >= 11 is 2.15. The third-order valence-electron chi connectivity index (χ3n) is 3.45. The van der Waals surface area contributed by atoms with E-state index in [4.69, 9.17) is 0 Å². The van der Waals surface area contributed by atoms with Crippen LogP contribution in [0.4, 0.5) is 0 Å². The number of rotatable bonds is 3. The van der Waals surface area contributed by atoms with Crippen LogP contribution in [0.15, 0.2) is 0 Å². The lowest BCUT2D eigenvalue weighted by Gasteiger charge is -2.26. The molecule has 82 valence electrons. The molecule has 2 saturated heterocycles. The van der Waals surface area contributed by atoms with Crippen LogP contribution in [-0.2, 0) is 0 Å². The van der Waals surface area contributed by atoms with Crippen molar-refractivity contribution in [1.29, 1.82) is 0 Å². The average molecular weight is 214 g/mol. The highest BCUT2D eigenvalue weighted by Gasteiger charge is 2.24. The molecule has 2 nitrogen and oxygen atoms in total. The smallest absolute Gasteiger partial charge is 0.0204 e. The molecule has 0 aliphatic carbocycles. The monoisotopic (exact) mass is 214 g/mol. The van der Waals surface area contributed by atoms with Crippen molar-refractivity contribution in [3.8, 4) is 0 Å². The largest absolute Gasteiger partial charge is 0.316 e.